The summed E-state index contributed by atoms with van der Waals surface area (Å²) in [6.45, 7) is 2.14. The normalized spacial score (nSPS) is 13.0. The summed E-state index contributed by atoms with van der Waals surface area (Å²) >= 11 is 1.59. The molecule has 2 aromatic heterocycles. The standard InChI is InChI=1S/C20H20N2O3S/c1-14(15-7-3-2-4-8-15)22-20(24)19(23)21-13-16(17-9-5-11-25-17)18-10-6-12-26-18/h2-12,14,16H,13H2,1H3,(H,21,23)(H,22,24)/t14-,16-/m1/s1. The van der Waals surface area contributed by atoms with Gasteiger partial charge in [-0.15, -0.1) is 11.3 Å². The van der Waals surface area contributed by atoms with Gasteiger partial charge in [0.05, 0.1) is 18.2 Å². The highest BCUT2D eigenvalue weighted by molar-refractivity contribution is 7.10. The van der Waals surface area contributed by atoms with Gasteiger partial charge in [-0.2, -0.15) is 0 Å². The Kier molecular flexibility index (Phi) is 5.86. The van der Waals surface area contributed by atoms with Crippen molar-refractivity contribution in [2.24, 2.45) is 0 Å². The molecule has 0 aliphatic heterocycles. The van der Waals surface area contributed by atoms with Crippen LogP contribution in [-0.4, -0.2) is 18.4 Å². The quantitative estimate of drug-likeness (QED) is 0.655. The van der Waals surface area contributed by atoms with E-state index in [-0.39, 0.29) is 12.0 Å². The maximum Gasteiger partial charge on any atom is 0.309 e. The Labute approximate surface area is 156 Å². The van der Waals surface area contributed by atoms with Gasteiger partial charge in [0.2, 0.25) is 0 Å². The Morgan fingerprint density at radius 2 is 1.85 bits per heavy atom. The van der Waals surface area contributed by atoms with Crippen LogP contribution in [0.2, 0.25) is 0 Å². The van der Waals surface area contributed by atoms with E-state index in [9.17, 15) is 9.59 Å². The number of carbonyl (C=O) groups is 2. The molecular weight excluding hydrogens is 348 g/mol. The van der Waals surface area contributed by atoms with Crippen LogP contribution >= 0.6 is 11.3 Å². The molecule has 1 aromatic carbocycles. The molecule has 2 atom stereocenters. The molecule has 0 spiro atoms. The summed E-state index contributed by atoms with van der Waals surface area (Å²) < 4.78 is 5.49. The van der Waals surface area contributed by atoms with Gasteiger partial charge in [-0.05, 0) is 36.1 Å². The highest BCUT2D eigenvalue weighted by Gasteiger charge is 2.22. The number of nitrogens with one attached hydrogen (secondary N) is 2. The third-order valence-corrected chi connectivity index (χ3v) is 5.08. The van der Waals surface area contributed by atoms with E-state index in [1.54, 1.807) is 17.6 Å². The van der Waals surface area contributed by atoms with Gasteiger partial charge < -0.3 is 15.1 Å². The molecule has 0 saturated heterocycles. The lowest BCUT2D eigenvalue weighted by atomic mass is 10.0. The van der Waals surface area contributed by atoms with Crippen molar-refractivity contribution >= 4 is 23.2 Å². The minimum absolute atomic E-state index is 0.117. The van der Waals surface area contributed by atoms with E-state index >= 15 is 0 Å². The Morgan fingerprint density at radius 1 is 1.04 bits per heavy atom. The maximum absolute atomic E-state index is 12.2. The molecule has 2 N–H and O–H groups in total. The predicted octanol–water partition coefficient (Wildman–Crippen LogP) is 3.47. The fourth-order valence-corrected chi connectivity index (χ4v) is 3.52. The summed E-state index contributed by atoms with van der Waals surface area (Å²) in [5.74, 6) is -0.661. The van der Waals surface area contributed by atoms with Gasteiger partial charge in [0.1, 0.15) is 5.76 Å². The molecule has 0 aliphatic rings. The molecule has 2 amide bonds. The molecule has 2 heterocycles. The van der Waals surface area contributed by atoms with E-state index in [0.717, 1.165) is 16.2 Å². The SMILES string of the molecule is C[C@@H](NC(=O)C(=O)NC[C@H](c1ccco1)c1cccs1)c1ccccc1. The van der Waals surface area contributed by atoms with Gasteiger partial charge >= 0.3 is 11.8 Å². The number of benzene rings is 1. The number of rotatable bonds is 6. The zero-order chi connectivity index (χ0) is 18.4. The van der Waals surface area contributed by atoms with Crippen LogP contribution in [0.25, 0.3) is 0 Å². The number of hydrogen-bond acceptors (Lipinski definition) is 4. The molecule has 0 saturated carbocycles. The third-order valence-electron chi connectivity index (χ3n) is 4.09. The number of furan rings is 1. The molecular formula is C20H20N2O3S. The van der Waals surface area contributed by atoms with Crippen LogP contribution in [0.5, 0.6) is 0 Å². The molecule has 26 heavy (non-hydrogen) atoms. The first-order valence-electron chi connectivity index (χ1n) is 8.35. The molecule has 0 fully saturated rings. The van der Waals surface area contributed by atoms with Gasteiger partial charge in [0, 0.05) is 11.4 Å². The first-order valence-corrected chi connectivity index (χ1v) is 9.23. The lowest BCUT2D eigenvalue weighted by molar-refractivity contribution is -0.139. The van der Waals surface area contributed by atoms with Gasteiger partial charge in [0.15, 0.2) is 0 Å². The van der Waals surface area contributed by atoms with Gasteiger partial charge in [-0.3, -0.25) is 9.59 Å². The fraction of sp³-hybridized carbons (Fsp3) is 0.200. The summed E-state index contributed by atoms with van der Waals surface area (Å²) in [4.78, 5) is 25.4. The topological polar surface area (TPSA) is 71.3 Å². The van der Waals surface area contributed by atoms with Crippen molar-refractivity contribution in [1.29, 1.82) is 0 Å². The molecule has 5 nitrogen and oxygen atoms in total. The summed E-state index contributed by atoms with van der Waals surface area (Å²) in [7, 11) is 0. The third kappa shape index (κ3) is 4.40. The Hall–Kier alpha value is -2.86. The Balaban J connectivity index is 1.59. The highest BCUT2D eigenvalue weighted by atomic mass is 32.1. The molecule has 0 aliphatic carbocycles. The maximum atomic E-state index is 12.2. The lowest BCUT2D eigenvalue weighted by Gasteiger charge is -2.16. The van der Waals surface area contributed by atoms with Crippen LogP contribution in [0, 0.1) is 0 Å². The van der Waals surface area contributed by atoms with Crippen molar-refractivity contribution in [1.82, 2.24) is 10.6 Å². The molecule has 0 radical (unpaired) electrons. The highest BCUT2D eigenvalue weighted by Crippen LogP contribution is 2.28. The molecule has 6 heteroatoms. The van der Waals surface area contributed by atoms with Crippen molar-refractivity contribution in [3.05, 3.63) is 82.4 Å². The second-order valence-electron chi connectivity index (χ2n) is 5.90. The Morgan fingerprint density at radius 3 is 2.50 bits per heavy atom. The van der Waals surface area contributed by atoms with E-state index in [2.05, 4.69) is 10.6 Å². The minimum Gasteiger partial charge on any atom is -0.469 e. The summed E-state index contributed by atoms with van der Waals surface area (Å²) in [5, 5.41) is 7.40. The lowest BCUT2D eigenvalue weighted by Crippen LogP contribution is -2.42. The first-order chi connectivity index (χ1) is 12.6. The summed E-state index contributed by atoms with van der Waals surface area (Å²) in [6.07, 6.45) is 1.60. The number of thiophene rings is 1. The van der Waals surface area contributed by atoms with Crippen molar-refractivity contribution in [2.45, 2.75) is 18.9 Å². The average molecular weight is 368 g/mol. The zero-order valence-electron chi connectivity index (χ0n) is 14.3. The molecule has 0 unspecified atom stereocenters. The van der Waals surface area contributed by atoms with Crippen LogP contribution in [0.1, 0.15) is 35.1 Å². The molecule has 0 bridgehead atoms. The van der Waals surface area contributed by atoms with Gasteiger partial charge in [-0.1, -0.05) is 36.4 Å². The number of amides is 2. The smallest absolute Gasteiger partial charge is 0.309 e. The van der Waals surface area contributed by atoms with Gasteiger partial charge in [-0.25, -0.2) is 0 Å². The van der Waals surface area contributed by atoms with Crippen LogP contribution in [-0.2, 0) is 9.59 Å². The van der Waals surface area contributed by atoms with E-state index in [4.69, 9.17) is 4.42 Å². The van der Waals surface area contributed by atoms with Crippen molar-refractivity contribution in [2.75, 3.05) is 6.54 Å². The molecule has 3 rings (SSSR count). The summed E-state index contributed by atoms with van der Waals surface area (Å²) in [6, 6.07) is 16.9. The van der Waals surface area contributed by atoms with Crippen LogP contribution in [0.4, 0.5) is 0 Å². The minimum atomic E-state index is -0.652. The van der Waals surface area contributed by atoms with Gasteiger partial charge in [0.25, 0.3) is 0 Å². The van der Waals surface area contributed by atoms with E-state index in [1.165, 1.54) is 0 Å². The fourth-order valence-electron chi connectivity index (χ4n) is 2.68. The van der Waals surface area contributed by atoms with Crippen LogP contribution < -0.4 is 10.6 Å². The van der Waals surface area contributed by atoms with Crippen LogP contribution in [0.3, 0.4) is 0 Å². The summed E-state index contributed by atoms with van der Waals surface area (Å²) in [5.41, 5.74) is 0.945. The molecule has 134 valence electrons. The zero-order valence-corrected chi connectivity index (χ0v) is 15.2. The van der Waals surface area contributed by atoms with E-state index < -0.39 is 11.8 Å². The predicted molar refractivity (Wildman–Crippen MR) is 101 cm³/mol. The van der Waals surface area contributed by atoms with Crippen molar-refractivity contribution in [3.63, 3.8) is 0 Å². The average Bonchev–Trinajstić information content (AvgIpc) is 3.37. The second kappa shape index (κ2) is 8.49. The first kappa shape index (κ1) is 17.9. The Bertz CT molecular complexity index is 795. The largest absolute Gasteiger partial charge is 0.469 e. The van der Waals surface area contributed by atoms with E-state index in [0.29, 0.717) is 6.54 Å². The number of carbonyl (C=O) groups excluding carboxylic acids is 2. The monoisotopic (exact) mass is 368 g/mol. The van der Waals surface area contributed by atoms with Crippen molar-refractivity contribution in [3.8, 4) is 0 Å². The van der Waals surface area contributed by atoms with Crippen molar-refractivity contribution < 1.29 is 14.0 Å². The number of hydrogen-bond donors (Lipinski definition) is 2. The molecule has 3 aromatic rings. The van der Waals surface area contributed by atoms with E-state index in [1.807, 2.05) is 66.9 Å². The second-order valence-corrected chi connectivity index (χ2v) is 6.88. The van der Waals surface area contributed by atoms with Crippen LogP contribution in [0.15, 0.2) is 70.7 Å².